The lowest BCUT2D eigenvalue weighted by Crippen LogP contribution is -2.24. The van der Waals surface area contributed by atoms with E-state index in [0.717, 1.165) is 26.7 Å². The number of nitrogens with one attached hydrogen (secondary N) is 1. The average Bonchev–Trinajstić information content (AvgIpc) is 3.01. The summed E-state index contributed by atoms with van der Waals surface area (Å²) < 4.78 is 5.03. The van der Waals surface area contributed by atoms with Crippen molar-refractivity contribution in [3.63, 3.8) is 0 Å². The monoisotopic (exact) mass is 367 g/mol. The van der Waals surface area contributed by atoms with Crippen molar-refractivity contribution in [1.82, 2.24) is 15.3 Å². The number of nitrogens with zero attached hydrogens (tertiary/aromatic N) is 2. The van der Waals surface area contributed by atoms with Gasteiger partial charge in [0.05, 0.1) is 24.2 Å². The first-order chi connectivity index (χ1) is 12.5. The Morgan fingerprint density at radius 3 is 2.58 bits per heavy atom. The fraction of sp³-hybridized carbons (Fsp3) is 0.250. The van der Waals surface area contributed by atoms with Crippen LogP contribution in [0.3, 0.4) is 0 Å². The fourth-order valence-electron chi connectivity index (χ4n) is 2.57. The first kappa shape index (κ1) is 18.1. The number of pyridine rings is 1. The van der Waals surface area contributed by atoms with Gasteiger partial charge >= 0.3 is 0 Å². The molecule has 0 spiro atoms. The van der Waals surface area contributed by atoms with Crippen molar-refractivity contribution in [2.24, 2.45) is 0 Å². The van der Waals surface area contributed by atoms with Crippen LogP contribution >= 0.6 is 11.3 Å². The summed E-state index contributed by atoms with van der Waals surface area (Å²) in [5, 5.41) is 3.90. The second-order valence-electron chi connectivity index (χ2n) is 6.03. The summed E-state index contributed by atoms with van der Waals surface area (Å²) in [6.45, 7) is 4.46. The van der Waals surface area contributed by atoms with E-state index in [1.165, 1.54) is 5.56 Å². The van der Waals surface area contributed by atoms with E-state index in [9.17, 15) is 4.79 Å². The summed E-state index contributed by atoms with van der Waals surface area (Å²) in [6.07, 6.45) is 2.02. The van der Waals surface area contributed by atoms with Gasteiger partial charge in [0, 0.05) is 29.2 Å². The molecule has 2 heterocycles. The summed E-state index contributed by atoms with van der Waals surface area (Å²) in [5.41, 5.74) is 4.07. The Kier molecular flexibility index (Phi) is 5.63. The predicted molar refractivity (Wildman–Crippen MR) is 103 cm³/mol. The predicted octanol–water partition coefficient (Wildman–Crippen LogP) is 3.69. The van der Waals surface area contributed by atoms with Crippen molar-refractivity contribution < 1.29 is 9.53 Å². The molecule has 0 aliphatic rings. The van der Waals surface area contributed by atoms with Crippen LogP contribution in [0.4, 0.5) is 0 Å². The highest BCUT2D eigenvalue weighted by Crippen LogP contribution is 2.28. The van der Waals surface area contributed by atoms with Gasteiger partial charge in [0.2, 0.25) is 11.8 Å². The molecule has 2 aromatic heterocycles. The van der Waals surface area contributed by atoms with Gasteiger partial charge in [-0.05, 0) is 19.4 Å². The van der Waals surface area contributed by atoms with Crippen LogP contribution < -0.4 is 10.1 Å². The number of methoxy groups -OCH3 is 1. The second-order valence-corrected chi connectivity index (χ2v) is 7.32. The van der Waals surface area contributed by atoms with Crippen LogP contribution in [0.25, 0.3) is 11.3 Å². The number of aryl methyl sites for hydroxylation is 2. The zero-order valence-corrected chi connectivity index (χ0v) is 15.9. The number of hydrogen-bond acceptors (Lipinski definition) is 5. The molecule has 134 valence electrons. The minimum Gasteiger partial charge on any atom is -0.481 e. The number of hydrogen-bond donors (Lipinski definition) is 1. The molecule has 1 N–H and O–H groups in total. The smallest absolute Gasteiger partial charge is 0.225 e. The molecule has 0 aliphatic heterocycles. The lowest BCUT2D eigenvalue weighted by atomic mass is 10.1. The van der Waals surface area contributed by atoms with E-state index >= 15 is 0 Å². The molecule has 0 atom stereocenters. The van der Waals surface area contributed by atoms with Gasteiger partial charge in [-0.25, -0.2) is 9.97 Å². The van der Waals surface area contributed by atoms with Crippen molar-refractivity contribution >= 4 is 17.2 Å². The number of amides is 1. The lowest BCUT2D eigenvalue weighted by Gasteiger charge is -2.06. The first-order valence-electron chi connectivity index (χ1n) is 8.34. The maximum atomic E-state index is 12.4. The largest absolute Gasteiger partial charge is 0.481 e. The maximum absolute atomic E-state index is 12.4. The van der Waals surface area contributed by atoms with E-state index in [1.807, 2.05) is 25.1 Å². The first-order valence-corrected chi connectivity index (χ1v) is 9.16. The van der Waals surface area contributed by atoms with Crippen molar-refractivity contribution in [2.75, 3.05) is 7.11 Å². The molecule has 3 aromatic rings. The Labute approximate surface area is 157 Å². The molecule has 5 nitrogen and oxygen atoms in total. The molecule has 26 heavy (non-hydrogen) atoms. The number of aromatic nitrogens is 2. The number of carbonyl (C=O) groups is 1. The lowest BCUT2D eigenvalue weighted by molar-refractivity contribution is -0.120. The van der Waals surface area contributed by atoms with Crippen molar-refractivity contribution in [2.45, 2.75) is 26.8 Å². The van der Waals surface area contributed by atoms with Gasteiger partial charge in [-0.2, -0.15) is 0 Å². The third-order valence-electron chi connectivity index (χ3n) is 3.95. The Morgan fingerprint density at radius 2 is 1.92 bits per heavy atom. The highest BCUT2D eigenvalue weighted by atomic mass is 32.1. The molecule has 0 saturated heterocycles. The molecule has 0 aliphatic carbocycles. The van der Waals surface area contributed by atoms with E-state index in [1.54, 1.807) is 30.7 Å². The highest BCUT2D eigenvalue weighted by molar-refractivity contribution is 7.12. The molecular formula is C20H21N3O2S. The molecule has 0 unspecified atom stereocenters. The summed E-state index contributed by atoms with van der Waals surface area (Å²) in [6, 6.07) is 11.9. The van der Waals surface area contributed by atoms with Gasteiger partial charge in [-0.15, -0.1) is 11.3 Å². The number of benzene rings is 1. The zero-order valence-electron chi connectivity index (χ0n) is 15.1. The minimum atomic E-state index is -0.0298. The third-order valence-corrected chi connectivity index (χ3v) is 4.92. The van der Waals surface area contributed by atoms with Crippen molar-refractivity contribution in [3.8, 4) is 17.1 Å². The Balaban J connectivity index is 1.66. The summed E-state index contributed by atoms with van der Waals surface area (Å²) in [7, 11) is 1.58. The van der Waals surface area contributed by atoms with E-state index in [2.05, 4.69) is 34.3 Å². The van der Waals surface area contributed by atoms with Crippen molar-refractivity contribution in [1.29, 1.82) is 0 Å². The fourth-order valence-corrected chi connectivity index (χ4v) is 3.53. The van der Waals surface area contributed by atoms with E-state index in [4.69, 9.17) is 4.74 Å². The van der Waals surface area contributed by atoms with Gasteiger partial charge in [-0.3, -0.25) is 4.79 Å². The van der Waals surface area contributed by atoms with Crippen LogP contribution in [0.2, 0.25) is 0 Å². The van der Waals surface area contributed by atoms with Crippen LogP contribution in [0.1, 0.15) is 21.0 Å². The minimum absolute atomic E-state index is 0.0298. The van der Waals surface area contributed by atoms with E-state index in [-0.39, 0.29) is 5.91 Å². The number of carbonyl (C=O) groups excluding carboxylic acids is 1. The van der Waals surface area contributed by atoms with Crippen LogP contribution in [-0.4, -0.2) is 23.0 Å². The van der Waals surface area contributed by atoms with E-state index < -0.39 is 0 Å². The van der Waals surface area contributed by atoms with Gasteiger partial charge < -0.3 is 10.1 Å². The number of ether oxygens (including phenoxy) is 1. The Morgan fingerprint density at radius 1 is 1.15 bits per heavy atom. The molecule has 0 bridgehead atoms. The Bertz CT molecular complexity index is 886. The SMILES string of the molecule is COc1ccc(CNC(=O)Cc2sc(C)nc2-c2ccc(C)cc2)cn1. The molecule has 3 rings (SSSR count). The van der Waals surface area contributed by atoms with Crippen molar-refractivity contribution in [3.05, 3.63) is 63.6 Å². The highest BCUT2D eigenvalue weighted by Gasteiger charge is 2.14. The molecule has 1 amide bonds. The summed E-state index contributed by atoms with van der Waals surface area (Å²) >= 11 is 1.57. The third kappa shape index (κ3) is 4.46. The van der Waals surface area contributed by atoms with Gasteiger partial charge in [-0.1, -0.05) is 35.9 Å². The molecule has 0 saturated carbocycles. The summed E-state index contributed by atoms with van der Waals surface area (Å²) in [4.78, 5) is 22.1. The van der Waals surface area contributed by atoms with Gasteiger partial charge in [0.15, 0.2) is 0 Å². The van der Waals surface area contributed by atoms with E-state index in [0.29, 0.717) is 18.8 Å². The number of thiazole rings is 1. The summed E-state index contributed by atoms with van der Waals surface area (Å²) in [5.74, 6) is 0.529. The van der Waals surface area contributed by atoms with Crippen LogP contribution in [0.5, 0.6) is 5.88 Å². The number of rotatable bonds is 6. The Hall–Kier alpha value is -2.73. The van der Waals surface area contributed by atoms with Crippen LogP contribution in [0, 0.1) is 13.8 Å². The molecule has 0 radical (unpaired) electrons. The second kappa shape index (κ2) is 8.10. The molecule has 6 heteroatoms. The van der Waals surface area contributed by atoms with Crippen LogP contribution in [0.15, 0.2) is 42.6 Å². The molecule has 1 aromatic carbocycles. The normalized spacial score (nSPS) is 10.6. The van der Waals surface area contributed by atoms with Gasteiger partial charge in [0.1, 0.15) is 0 Å². The van der Waals surface area contributed by atoms with Gasteiger partial charge in [0.25, 0.3) is 0 Å². The topological polar surface area (TPSA) is 64.1 Å². The average molecular weight is 367 g/mol. The zero-order chi connectivity index (χ0) is 18.5. The maximum Gasteiger partial charge on any atom is 0.225 e. The standard InChI is InChI=1S/C20H21N3O2S/c1-13-4-7-16(8-5-13)20-17(26-14(2)23-20)10-18(24)21-11-15-6-9-19(25-3)22-12-15/h4-9,12H,10-11H2,1-3H3,(H,21,24). The quantitative estimate of drug-likeness (QED) is 0.722. The molecular weight excluding hydrogens is 346 g/mol. The van der Waals surface area contributed by atoms with Crippen LogP contribution in [-0.2, 0) is 17.8 Å². The molecule has 0 fully saturated rings.